The molecule has 0 saturated carbocycles. The number of thiazole rings is 1. The number of carbonyl (C=O) groups excluding carboxylic acids is 1. The summed E-state index contributed by atoms with van der Waals surface area (Å²) in [5.74, 6) is -0.468. The number of fused-ring (bicyclic) bond motifs is 1. The summed E-state index contributed by atoms with van der Waals surface area (Å²) >= 11 is 1.20. The summed E-state index contributed by atoms with van der Waals surface area (Å²) in [6.45, 7) is 1.79. The maximum atomic E-state index is 13.7. The molecule has 5 rings (SSSR count). The minimum absolute atomic E-state index is 0.0789. The minimum Gasteiger partial charge on any atom is -0.465 e. The zero-order valence-corrected chi connectivity index (χ0v) is 18.9. The van der Waals surface area contributed by atoms with E-state index < -0.39 is 17.8 Å². The van der Waals surface area contributed by atoms with Crippen LogP contribution in [0.25, 0.3) is 6.08 Å². The van der Waals surface area contributed by atoms with E-state index in [2.05, 4.69) is 4.99 Å². The Morgan fingerprint density at radius 2 is 1.91 bits per heavy atom. The number of halogens is 1. The summed E-state index contributed by atoms with van der Waals surface area (Å²) in [4.78, 5) is 31.7. The van der Waals surface area contributed by atoms with Crippen LogP contribution in [0.1, 0.15) is 29.9 Å². The van der Waals surface area contributed by atoms with E-state index in [0.717, 1.165) is 5.56 Å². The van der Waals surface area contributed by atoms with E-state index in [0.29, 0.717) is 26.4 Å². The average molecular weight is 475 g/mol. The van der Waals surface area contributed by atoms with Crippen molar-refractivity contribution in [2.45, 2.75) is 19.6 Å². The first-order valence-corrected chi connectivity index (χ1v) is 11.4. The highest BCUT2D eigenvalue weighted by atomic mass is 32.1. The molecule has 0 N–H and O–H groups in total. The first kappa shape index (κ1) is 21.8. The summed E-state index contributed by atoms with van der Waals surface area (Å²) < 4.78 is 26.5. The van der Waals surface area contributed by atoms with Gasteiger partial charge in [-0.25, -0.2) is 14.2 Å². The van der Waals surface area contributed by atoms with Crippen molar-refractivity contribution in [3.8, 4) is 0 Å². The molecule has 2 aromatic carbocycles. The Bertz CT molecular complexity index is 1550. The molecule has 1 atom stereocenters. The second-order valence-electron chi connectivity index (χ2n) is 7.71. The van der Waals surface area contributed by atoms with Gasteiger partial charge in [0.2, 0.25) is 0 Å². The summed E-state index contributed by atoms with van der Waals surface area (Å²) in [6, 6.07) is 17.7. The van der Waals surface area contributed by atoms with Crippen molar-refractivity contribution in [1.82, 2.24) is 4.57 Å². The van der Waals surface area contributed by atoms with Gasteiger partial charge in [-0.15, -0.1) is 0 Å². The summed E-state index contributed by atoms with van der Waals surface area (Å²) in [6.07, 6.45) is 3.16. The van der Waals surface area contributed by atoms with Gasteiger partial charge in [0.15, 0.2) is 4.80 Å². The summed E-state index contributed by atoms with van der Waals surface area (Å²) in [5, 5.41) is 0. The second kappa shape index (κ2) is 9.07. The maximum Gasteiger partial charge on any atom is 0.338 e. The van der Waals surface area contributed by atoms with Crippen molar-refractivity contribution in [2.24, 2.45) is 4.99 Å². The fourth-order valence-corrected chi connectivity index (χ4v) is 4.87. The molecule has 8 heteroatoms. The van der Waals surface area contributed by atoms with Gasteiger partial charge in [-0.2, -0.15) is 0 Å². The Balaban J connectivity index is 1.61. The average Bonchev–Trinajstić information content (AvgIpc) is 3.46. The van der Waals surface area contributed by atoms with E-state index in [1.807, 2.05) is 30.3 Å². The van der Waals surface area contributed by atoms with Crippen LogP contribution in [0.2, 0.25) is 0 Å². The number of rotatable bonds is 5. The van der Waals surface area contributed by atoms with E-state index >= 15 is 0 Å². The van der Waals surface area contributed by atoms with Crippen LogP contribution >= 0.6 is 11.3 Å². The molecule has 170 valence electrons. The smallest absolute Gasteiger partial charge is 0.338 e. The number of allylic oxidation sites excluding steroid dienone is 1. The van der Waals surface area contributed by atoms with Gasteiger partial charge in [-0.05, 0) is 42.3 Å². The van der Waals surface area contributed by atoms with Crippen LogP contribution in [-0.2, 0) is 16.1 Å². The Morgan fingerprint density at radius 3 is 2.62 bits per heavy atom. The van der Waals surface area contributed by atoms with Crippen LogP contribution in [0.5, 0.6) is 0 Å². The van der Waals surface area contributed by atoms with Gasteiger partial charge in [0.1, 0.15) is 18.2 Å². The van der Waals surface area contributed by atoms with Gasteiger partial charge in [-0.3, -0.25) is 9.36 Å². The number of ether oxygens (including phenoxy) is 1. The largest absolute Gasteiger partial charge is 0.465 e. The van der Waals surface area contributed by atoms with E-state index in [-0.39, 0.29) is 17.7 Å². The van der Waals surface area contributed by atoms with Crippen molar-refractivity contribution < 1.29 is 18.3 Å². The van der Waals surface area contributed by atoms with Crippen LogP contribution in [0.15, 0.2) is 98.5 Å². The van der Waals surface area contributed by atoms with E-state index in [1.165, 1.54) is 34.3 Å². The molecule has 0 amide bonds. The van der Waals surface area contributed by atoms with Crippen LogP contribution in [0.4, 0.5) is 4.39 Å². The van der Waals surface area contributed by atoms with Gasteiger partial charge in [0, 0.05) is 6.08 Å². The molecule has 34 heavy (non-hydrogen) atoms. The number of hydrogen-bond acceptors (Lipinski definition) is 6. The van der Waals surface area contributed by atoms with Crippen LogP contribution in [-0.4, -0.2) is 10.5 Å². The van der Waals surface area contributed by atoms with Crippen molar-refractivity contribution in [3.63, 3.8) is 0 Å². The van der Waals surface area contributed by atoms with E-state index in [9.17, 15) is 14.0 Å². The standard InChI is InChI=1S/C26H19FN2O4S/c1-16-22(25(31)33-15-17-6-3-2-4-7-17)23(18-9-11-19(27)12-10-18)29-24(30)21(34-26(29)28-16)14-20-8-5-13-32-20/h2-14,23H,15H2,1H3/b21-14+/t23-/m1/s1. The molecule has 0 unspecified atom stereocenters. The lowest BCUT2D eigenvalue weighted by Crippen LogP contribution is -2.39. The molecule has 4 aromatic rings. The Morgan fingerprint density at radius 1 is 1.15 bits per heavy atom. The number of esters is 1. The Kier molecular flexibility index (Phi) is 5.81. The van der Waals surface area contributed by atoms with Crippen molar-refractivity contribution >= 4 is 23.4 Å². The topological polar surface area (TPSA) is 73.8 Å². The predicted octanol–water partition coefficient (Wildman–Crippen LogP) is 3.71. The Labute approximate surface area is 197 Å². The normalized spacial score (nSPS) is 15.7. The third-order valence-electron chi connectivity index (χ3n) is 5.46. The van der Waals surface area contributed by atoms with Crippen LogP contribution < -0.4 is 14.9 Å². The maximum absolute atomic E-state index is 13.7. The highest BCUT2D eigenvalue weighted by Gasteiger charge is 2.33. The number of furan rings is 1. The first-order valence-electron chi connectivity index (χ1n) is 10.5. The van der Waals surface area contributed by atoms with Crippen molar-refractivity contribution in [2.75, 3.05) is 0 Å². The van der Waals surface area contributed by atoms with Gasteiger partial charge in [0.25, 0.3) is 5.56 Å². The van der Waals surface area contributed by atoms with Crippen LogP contribution in [0.3, 0.4) is 0 Å². The molecule has 1 aliphatic rings. The monoisotopic (exact) mass is 474 g/mol. The van der Waals surface area contributed by atoms with Gasteiger partial charge in [0.05, 0.1) is 28.1 Å². The number of benzene rings is 2. The minimum atomic E-state index is -0.807. The molecular weight excluding hydrogens is 455 g/mol. The highest BCUT2D eigenvalue weighted by Crippen LogP contribution is 2.31. The molecule has 0 fully saturated rings. The summed E-state index contributed by atoms with van der Waals surface area (Å²) in [7, 11) is 0. The molecule has 0 radical (unpaired) electrons. The fraction of sp³-hybridized carbons (Fsp3) is 0.115. The molecule has 0 saturated heterocycles. The zero-order valence-electron chi connectivity index (χ0n) is 18.1. The molecule has 0 spiro atoms. The molecular formula is C26H19FN2O4S. The van der Waals surface area contributed by atoms with Crippen LogP contribution in [0, 0.1) is 5.82 Å². The van der Waals surface area contributed by atoms with Crippen molar-refractivity contribution in [3.05, 3.63) is 127 Å². The first-order chi connectivity index (χ1) is 16.5. The van der Waals surface area contributed by atoms with E-state index in [4.69, 9.17) is 9.15 Å². The second-order valence-corrected chi connectivity index (χ2v) is 8.72. The van der Waals surface area contributed by atoms with Gasteiger partial charge < -0.3 is 9.15 Å². The molecule has 2 aromatic heterocycles. The van der Waals surface area contributed by atoms with Gasteiger partial charge >= 0.3 is 5.97 Å². The molecule has 0 bridgehead atoms. The van der Waals surface area contributed by atoms with Gasteiger partial charge in [-0.1, -0.05) is 53.8 Å². The SMILES string of the molecule is CC1=C(C(=O)OCc2ccccc2)[C@@H](c2ccc(F)cc2)n2c(s/c(=C/c3ccco3)c2=O)=N1. The number of carbonyl (C=O) groups is 1. The number of nitrogens with zero attached hydrogens (tertiary/aromatic N) is 2. The van der Waals surface area contributed by atoms with E-state index in [1.54, 1.807) is 37.3 Å². The third-order valence-corrected chi connectivity index (χ3v) is 6.44. The lowest BCUT2D eigenvalue weighted by atomic mass is 9.96. The summed E-state index contributed by atoms with van der Waals surface area (Å²) in [5.41, 5.74) is 1.77. The molecule has 6 nitrogen and oxygen atoms in total. The fourth-order valence-electron chi connectivity index (χ4n) is 3.85. The number of aromatic nitrogens is 1. The number of hydrogen-bond donors (Lipinski definition) is 0. The third kappa shape index (κ3) is 4.15. The molecule has 0 aliphatic carbocycles. The molecule has 1 aliphatic heterocycles. The highest BCUT2D eigenvalue weighted by molar-refractivity contribution is 7.07. The zero-order chi connectivity index (χ0) is 23.7. The quantitative estimate of drug-likeness (QED) is 0.414. The predicted molar refractivity (Wildman–Crippen MR) is 125 cm³/mol. The Hall–Kier alpha value is -4.04. The van der Waals surface area contributed by atoms with Crippen molar-refractivity contribution in [1.29, 1.82) is 0 Å². The lowest BCUT2D eigenvalue weighted by molar-refractivity contribution is -0.140. The lowest BCUT2D eigenvalue weighted by Gasteiger charge is -2.24. The molecule has 3 heterocycles.